The van der Waals surface area contributed by atoms with Crippen molar-refractivity contribution in [2.75, 3.05) is 6.61 Å². The van der Waals surface area contributed by atoms with E-state index in [1.165, 1.54) is 6.92 Å². The number of hydrogen-bond donors (Lipinski definition) is 0. The Labute approximate surface area is 148 Å². The standard InChI is InChI=1S/C16H14F6N2O3/c1-3-27-12(25)7-24-14(26)10-5-4-9(16(20,21)22)6-11(10)13(23-24)8(2)15(17,18)19/h4-6,8H,3,7H2,1-2H3. The first-order valence-electron chi connectivity index (χ1n) is 7.70. The predicted octanol–water partition coefficient (Wildman–Crippen LogP) is 3.64. The van der Waals surface area contributed by atoms with Gasteiger partial charge in [-0.3, -0.25) is 9.59 Å². The van der Waals surface area contributed by atoms with Gasteiger partial charge in [0.25, 0.3) is 5.56 Å². The minimum Gasteiger partial charge on any atom is -0.465 e. The molecule has 1 heterocycles. The summed E-state index contributed by atoms with van der Waals surface area (Å²) in [5.41, 5.74) is -2.99. The van der Waals surface area contributed by atoms with Crippen LogP contribution in [0.15, 0.2) is 23.0 Å². The van der Waals surface area contributed by atoms with Gasteiger partial charge in [-0.15, -0.1) is 0 Å². The van der Waals surface area contributed by atoms with Crippen LogP contribution in [0.1, 0.15) is 31.0 Å². The SMILES string of the molecule is CCOC(=O)Cn1nc(C(C)C(F)(F)F)c2cc(C(F)(F)F)ccc2c1=O. The van der Waals surface area contributed by atoms with E-state index in [0.717, 1.165) is 6.07 Å². The van der Waals surface area contributed by atoms with Crippen LogP contribution in [-0.4, -0.2) is 28.5 Å². The molecule has 0 aliphatic carbocycles. The number of carbonyl (C=O) groups is 1. The molecular weight excluding hydrogens is 382 g/mol. The number of hydrogen-bond acceptors (Lipinski definition) is 4. The average molecular weight is 396 g/mol. The highest BCUT2D eigenvalue weighted by Gasteiger charge is 2.40. The second-order valence-corrected chi connectivity index (χ2v) is 5.67. The molecule has 0 fully saturated rings. The quantitative estimate of drug-likeness (QED) is 0.585. The third kappa shape index (κ3) is 4.40. The number of aromatic nitrogens is 2. The molecule has 5 nitrogen and oxygen atoms in total. The van der Waals surface area contributed by atoms with E-state index in [2.05, 4.69) is 9.84 Å². The lowest BCUT2D eigenvalue weighted by atomic mass is 9.99. The average Bonchev–Trinajstić information content (AvgIpc) is 2.55. The van der Waals surface area contributed by atoms with Gasteiger partial charge in [0.2, 0.25) is 0 Å². The van der Waals surface area contributed by atoms with Gasteiger partial charge in [0.15, 0.2) is 0 Å². The number of esters is 1. The van der Waals surface area contributed by atoms with Crippen molar-refractivity contribution in [3.05, 3.63) is 39.8 Å². The maximum Gasteiger partial charge on any atom is 0.416 e. The summed E-state index contributed by atoms with van der Waals surface area (Å²) in [6, 6.07) is 1.81. The van der Waals surface area contributed by atoms with Crippen LogP contribution in [0.3, 0.4) is 0 Å². The number of rotatable bonds is 4. The number of ether oxygens (including phenoxy) is 1. The molecule has 0 N–H and O–H groups in total. The molecule has 1 aromatic carbocycles. The van der Waals surface area contributed by atoms with Gasteiger partial charge in [-0.25, -0.2) is 4.68 Å². The van der Waals surface area contributed by atoms with Crippen LogP contribution in [0.2, 0.25) is 0 Å². The number of halogens is 6. The van der Waals surface area contributed by atoms with Crippen molar-refractivity contribution in [1.82, 2.24) is 9.78 Å². The van der Waals surface area contributed by atoms with E-state index in [9.17, 15) is 35.9 Å². The van der Waals surface area contributed by atoms with E-state index in [4.69, 9.17) is 0 Å². The molecule has 1 atom stereocenters. The van der Waals surface area contributed by atoms with Gasteiger partial charge in [-0.2, -0.15) is 31.4 Å². The van der Waals surface area contributed by atoms with Crippen LogP contribution in [-0.2, 0) is 22.3 Å². The Hall–Kier alpha value is -2.59. The molecule has 0 saturated heterocycles. The Morgan fingerprint density at radius 1 is 1.19 bits per heavy atom. The highest BCUT2D eigenvalue weighted by Crippen LogP contribution is 2.37. The molecule has 2 aromatic rings. The van der Waals surface area contributed by atoms with E-state index in [1.807, 2.05) is 0 Å². The fourth-order valence-electron chi connectivity index (χ4n) is 2.40. The van der Waals surface area contributed by atoms with Gasteiger partial charge in [-0.05, 0) is 32.0 Å². The molecule has 1 aromatic heterocycles. The smallest absolute Gasteiger partial charge is 0.416 e. The largest absolute Gasteiger partial charge is 0.465 e. The van der Waals surface area contributed by atoms with E-state index >= 15 is 0 Å². The zero-order valence-corrected chi connectivity index (χ0v) is 14.1. The molecule has 148 valence electrons. The fraction of sp³-hybridized carbons (Fsp3) is 0.438. The Morgan fingerprint density at radius 2 is 1.81 bits per heavy atom. The number of alkyl halides is 6. The minimum atomic E-state index is -4.82. The molecule has 27 heavy (non-hydrogen) atoms. The van der Waals surface area contributed by atoms with Crippen LogP contribution in [0.4, 0.5) is 26.3 Å². The normalized spacial score (nSPS) is 13.6. The van der Waals surface area contributed by atoms with Gasteiger partial charge in [0, 0.05) is 5.39 Å². The lowest BCUT2D eigenvalue weighted by Gasteiger charge is -2.19. The number of benzene rings is 1. The maximum atomic E-state index is 13.2. The summed E-state index contributed by atoms with van der Waals surface area (Å²) in [5.74, 6) is -3.18. The van der Waals surface area contributed by atoms with Crippen LogP contribution < -0.4 is 5.56 Å². The first-order chi connectivity index (χ1) is 12.4. The highest BCUT2D eigenvalue weighted by molar-refractivity contribution is 5.85. The van der Waals surface area contributed by atoms with Crippen molar-refractivity contribution in [3.8, 4) is 0 Å². The molecule has 0 bridgehead atoms. The zero-order valence-electron chi connectivity index (χ0n) is 14.1. The third-order valence-electron chi connectivity index (χ3n) is 3.80. The summed E-state index contributed by atoms with van der Waals surface area (Å²) in [6.07, 6.45) is -9.63. The fourth-order valence-corrected chi connectivity index (χ4v) is 2.40. The molecule has 0 saturated carbocycles. The molecule has 0 spiro atoms. The third-order valence-corrected chi connectivity index (χ3v) is 3.80. The van der Waals surface area contributed by atoms with Crippen LogP contribution >= 0.6 is 0 Å². The van der Waals surface area contributed by atoms with Crippen molar-refractivity contribution in [1.29, 1.82) is 0 Å². The summed E-state index contributed by atoms with van der Waals surface area (Å²) in [5, 5.41) is 2.55. The van der Waals surface area contributed by atoms with Crippen LogP contribution in [0.25, 0.3) is 10.8 Å². The Balaban J connectivity index is 2.77. The first-order valence-corrected chi connectivity index (χ1v) is 7.70. The Morgan fingerprint density at radius 3 is 2.33 bits per heavy atom. The van der Waals surface area contributed by atoms with Gasteiger partial charge < -0.3 is 4.74 Å². The van der Waals surface area contributed by atoms with Crippen molar-refractivity contribution in [2.24, 2.45) is 0 Å². The lowest BCUT2D eigenvalue weighted by Crippen LogP contribution is -2.31. The van der Waals surface area contributed by atoms with Gasteiger partial charge in [0.1, 0.15) is 6.54 Å². The molecule has 0 radical (unpaired) electrons. The minimum absolute atomic E-state index is 0.0259. The van der Waals surface area contributed by atoms with Crippen molar-refractivity contribution in [3.63, 3.8) is 0 Å². The van der Waals surface area contributed by atoms with Crippen molar-refractivity contribution < 1.29 is 35.9 Å². The lowest BCUT2D eigenvalue weighted by molar-refractivity contribution is -0.147. The maximum absolute atomic E-state index is 13.2. The molecule has 0 aliphatic heterocycles. The Bertz CT molecular complexity index is 917. The molecular formula is C16H14F6N2O3. The highest BCUT2D eigenvalue weighted by atomic mass is 19.4. The van der Waals surface area contributed by atoms with Crippen LogP contribution in [0.5, 0.6) is 0 Å². The molecule has 11 heteroatoms. The summed E-state index contributed by atoms with van der Waals surface area (Å²) >= 11 is 0. The number of nitrogens with zero attached hydrogens (tertiary/aromatic N) is 2. The summed E-state index contributed by atoms with van der Waals surface area (Å²) < 4.78 is 83.4. The van der Waals surface area contributed by atoms with Gasteiger partial charge in [0.05, 0.1) is 29.2 Å². The molecule has 2 rings (SSSR count). The zero-order chi connectivity index (χ0) is 20.6. The van der Waals surface area contributed by atoms with E-state index in [1.54, 1.807) is 0 Å². The first kappa shape index (κ1) is 20.7. The second-order valence-electron chi connectivity index (χ2n) is 5.67. The van der Waals surface area contributed by atoms with Gasteiger partial charge >= 0.3 is 18.3 Å². The van der Waals surface area contributed by atoms with Crippen molar-refractivity contribution >= 4 is 16.7 Å². The predicted molar refractivity (Wildman–Crippen MR) is 82.1 cm³/mol. The summed E-state index contributed by atoms with van der Waals surface area (Å²) in [6.45, 7) is 1.41. The molecule has 1 unspecified atom stereocenters. The topological polar surface area (TPSA) is 61.2 Å². The summed E-state index contributed by atoms with van der Waals surface area (Å²) in [7, 11) is 0. The molecule has 0 amide bonds. The number of fused-ring (bicyclic) bond motifs is 1. The van der Waals surface area contributed by atoms with Crippen LogP contribution in [0, 0.1) is 0 Å². The summed E-state index contributed by atoms with van der Waals surface area (Å²) in [4.78, 5) is 24.0. The van der Waals surface area contributed by atoms with E-state index in [-0.39, 0.29) is 6.61 Å². The monoisotopic (exact) mass is 396 g/mol. The number of carbonyl (C=O) groups excluding carboxylic acids is 1. The van der Waals surface area contributed by atoms with Gasteiger partial charge in [-0.1, -0.05) is 0 Å². The van der Waals surface area contributed by atoms with Crippen molar-refractivity contribution in [2.45, 2.75) is 38.7 Å². The Kier molecular flexibility index (Phi) is 5.52. The van der Waals surface area contributed by atoms with E-state index < -0.39 is 58.4 Å². The van der Waals surface area contributed by atoms with E-state index in [0.29, 0.717) is 23.7 Å². The second kappa shape index (κ2) is 7.20. The molecule has 0 aliphatic rings.